The lowest BCUT2D eigenvalue weighted by atomic mass is 10.0. The molecule has 104 valence electrons. The van der Waals surface area contributed by atoms with Gasteiger partial charge in [-0.3, -0.25) is 9.69 Å². The van der Waals surface area contributed by atoms with E-state index in [2.05, 4.69) is 43.0 Å². The van der Waals surface area contributed by atoms with Crippen molar-refractivity contribution < 1.29 is 9.53 Å². The largest absolute Gasteiger partial charge is 0.354 e. The molecule has 0 radical (unpaired) electrons. The van der Waals surface area contributed by atoms with Crippen molar-refractivity contribution in [1.82, 2.24) is 4.90 Å². The first-order valence-electron chi connectivity index (χ1n) is 7.07. The molecule has 0 saturated carbocycles. The Morgan fingerprint density at radius 2 is 2.11 bits per heavy atom. The van der Waals surface area contributed by atoms with Crippen LogP contribution in [0.2, 0.25) is 0 Å². The van der Waals surface area contributed by atoms with Crippen LogP contribution in [0.1, 0.15) is 25.8 Å². The molecule has 0 amide bonds. The quantitative estimate of drug-likeness (QED) is 0.737. The molecule has 3 heteroatoms. The van der Waals surface area contributed by atoms with E-state index in [0.29, 0.717) is 18.6 Å². The number of carbonyl (C=O) groups is 1. The van der Waals surface area contributed by atoms with Crippen LogP contribution in [-0.4, -0.2) is 36.6 Å². The normalized spacial score (nSPS) is 23.9. The summed E-state index contributed by atoms with van der Waals surface area (Å²) in [6.45, 7) is 5.99. The van der Waals surface area contributed by atoms with E-state index in [1.165, 1.54) is 5.56 Å². The van der Waals surface area contributed by atoms with E-state index in [9.17, 15) is 4.79 Å². The maximum Gasteiger partial charge on any atom is 0.167 e. The van der Waals surface area contributed by atoms with E-state index in [1.54, 1.807) is 0 Å². The third kappa shape index (κ3) is 3.88. The van der Waals surface area contributed by atoms with Gasteiger partial charge in [0.1, 0.15) is 0 Å². The van der Waals surface area contributed by atoms with Gasteiger partial charge in [-0.1, -0.05) is 44.2 Å². The average molecular weight is 261 g/mol. The summed E-state index contributed by atoms with van der Waals surface area (Å²) in [5.41, 5.74) is 1.30. The Bertz CT molecular complexity index is 391. The fourth-order valence-electron chi connectivity index (χ4n) is 2.51. The molecule has 1 unspecified atom stereocenters. The van der Waals surface area contributed by atoms with E-state index >= 15 is 0 Å². The molecule has 1 saturated heterocycles. The summed E-state index contributed by atoms with van der Waals surface area (Å²) in [4.78, 5) is 13.3. The van der Waals surface area contributed by atoms with Crippen LogP contribution < -0.4 is 0 Å². The van der Waals surface area contributed by atoms with Gasteiger partial charge in [-0.2, -0.15) is 0 Å². The molecule has 0 spiro atoms. The third-order valence-electron chi connectivity index (χ3n) is 3.65. The Morgan fingerprint density at radius 1 is 1.37 bits per heavy atom. The molecule has 1 aliphatic heterocycles. The zero-order valence-electron chi connectivity index (χ0n) is 11.8. The van der Waals surface area contributed by atoms with Crippen molar-refractivity contribution in [3.05, 3.63) is 35.9 Å². The zero-order valence-corrected chi connectivity index (χ0v) is 11.8. The van der Waals surface area contributed by atoms with Gasteiger partial charge in [0.05, 0.1) is 6.61 Å². The lowest BCUT2D eigenvalue weighted by Gasteiger charge is -2.26. The number of hydrogen-bond acceptors (Lipinski definition) is 3. The molecule has 19 heavy (non-hydrogen) atoms. The van der Waals surface area contributed by atoms with Crippen molar-refractivity contribution in [3.8, 4) is 0 Å². The molecule has 3 nitrogen and oxygen atoms in total. The minimum atomic E-state index is -0.354. The first kappa shape index (κ1) is 14.2. The Kier molecular flexibility index (Phi) is 5.11. The molecule has 2 rings (SSSR count). The summed E-state index contributed by atoms with van der Waals surface area (Å²) in [6, 6.07) is 10.7. The number of ether oxygens (including phenoxy) is 1. The number of carbonyl (C=O) groups excluding carboxylic acids is 1. The zero-order chi connectivity index (χ0) is 13.7. The summed E-state index contributed by atoms with van der Waals surface area (Å²) in [6.07, 6.45) is 2.61. The highest BCUT2D eigenvalue weighted by atomic mass is 16.5. The minimum absolute atomic E-state index is 0.316. The predicted molar refractivity (Wildman–Crippen MR) is 75.9 cm³/mol. The van der Waals surface area contributed by atoms with Gasteiger partial charge >= 0.3 is 0 Å². The lowest BCUT2D eigenvalue weighted by Crippen LogP contribution is -2.40. The number of rotatable bonds is 6. The van der Waals surface area contributed by atoms with Crippen molar-refractivity contribution >= 4 is 6.29 Å². The summed E-state index contributed by atoms with van der Waals surface area (Å²) in [5, 5.41) is 0. The molecule has 1 aromatic rings. The van der Waals surface area contributed by atoms with Crippen molar-refractivity contribution in [1.29, 1.82) is 0 Å². The van der Waals surface area contributed by atoms with Crippen molar-refractivity contribution in [2.24, 2.45) is 5.92 Å². The van der Waals surface area contributed by atoms with Crippen molar-refractivity contribution in [2.75, 3.05) is 13.2 Å². The Balaban J connectivity index is 1.99. The summed E-state index contributed by atoms with van der Waals surface area (Å²) < 4.78 is 5.59. The van der Waals surface area contributed by atoms with Crippen LogP contribution in [0.25, 0.3) is 0 Å². The van der Waals surface area contributed by atoms with Gasteiger partial charge in [0.25, 0.3) is 0 Å². The molecular formula is C16H23NO2. The van der Waals surface area contributed by atoms with Crippen LogP contribution in [0.5, 0.6) is 0 Å². The van der Waals surface area contributed by atoms with E-state index in [0.717, 1.165) is 25.7 Å². The van der Waals surface area contributed by atoms with Gasteiger partial charge in [-0.25, -0.2) is 0 Å². The number of hydrogen-bond donors (Lipinski definition) is 0. The summed E-state index contributed by atoms with van der Waals surface area (Å²) in [5.74, 6) is 0.644. The summed E-state index contributed by atoms with van der Waals surface area (Å²) in [7, 11) is 0. The Hall–Kier alpha value is -1.19. The van der Waals surface area contributed by atoms with Gasteiger partial charge in [-0.05, 0) is 24.3 Å². The van der Waals surface area contributed by atoms with E-state index in [-0.39, 0.29) is 6.23 Å². The molecular weight excluding hydrogens is 238 g/mol. The van der Waals surface area contributed by atoms with Crippen LogP contribution in [0, 0.1) is 5.92 Å². The topological polar surface area (TPSA) is 29.5 Å². The molecule has 1 heterocycles. The highest BCUT2D eigenvalue weighted by Gasteiger charge is 2.33. The molecule has 1 fully saturated rings. The lowest BCUT2D eigenvalue weighted by molar-refractivity contribution is -0.121. The highest BCUT2D eigenvalue weighted by Crippen LogP contribution is 2.21. The van der Waals surface area contributed by atoms with Crippen LogP contribution >= 0.6 is 0 Å². The molecule has 0 aliphatic carbocycles. The highest BCUT2D eigenvalue weighted by molar-refractivity contribution is 5.56. The molecule has 0 aromatic heterocycles. The second-order valence-corrected chi connectivity index (χ2v) is 5.62. The standard InChI is InChI=1S/C16H23NO2/c1-13(2)8-9-17-15(12-19-16(17)11-18)10-14-6-4-3-5-7-14/h3-7,11,13,15-16H,8-10,12H2,1-2H3/t15-,16?/m0/s1. The molecule has 0 N–H and O–H groups in total. The van der Waals surface area contributed by atoms with E-state index < -0.39 is 0 Å². The van der Waals surface area contributed by atoms with Gasteiger partial charge in [0.2, 0.25) is 0 Å². The minimum Gasteiger partial charge on any atom is -0.354 e. The van der Waals surface area contributed by atoms with Crippen LogP contribution in [0.4, 0.5) is 0 Å². The van der Waals surface area contributed by atoms with E-state index in [4.69, 9.17) is 4.74 Å². The van der Waals surface area contributed by atoms with E-state index in [1.807, 2.05) is 6.07 Å². The second kappa shape index (κ2) is 6.83. The average Bonchev–Trinajstić information content (AvgIpc) is 2.79. The Morgan fingerprint density at radius 3 is 2.74 bits per heavy atom. The van der Waals surface area contributed by atoms with Gasteiger partial charge < -0.3 is 4.74 Å². The SMILES string of the molecule is CC(C)CCN1C(C=O)OC[C@@H]1Cc1ccccc1. The number of benzene rings is 1. The fraction of sp³-hybridized carbons (Fsp3) is 0.562. The van der Waals surface area contributed by atoms with Crippen LogP contribution in [0.3, 0.4) is 0 Å². The fourth-order valence-corrected chi connectivity index (χ4v) is 2.51. The number of nitrogens with zero attached hydrogens (tertiary/aromatic N) is 1. The third-order valence-corrected chi connectivity index (χ3v) is 3.65. The summed E-state index contributed by atoms with van der Waals surface area (Å²) >= 11 is 0. The van der Waals surface area contributed by atoms with Gasteiger partial charge in [-0.15, -0.1) is 0 Å². The van der Waals surface area contributed by atoms with Crippen LogP contribution in [-0.2, 0) is 16.0 Å². The monoisotopic (exact) mass is 261 g/mol. The smallest absolute Gasteiger partial charge is 0.167 e. The molecule has 0 bridgehead atoms. The number of aldehydes is 1. The second-order valence-electron chi connectivity index (χ2n) is 5.62. The Labute approximate surface area is 115 Å². The first-order chi connectivity index (χ1) is 9.20. The van der Waals surface area contributed by atoms with Gasteiger partial charge in [0.15, 0.2) is 12.5 Å². The maximum absolute atomic E-state index is 11.1. The predicted octanol–water partition coefficient (Wildman–Crippen LogP) is 2.50. The van der Waals surface area contributed by atoms with Crippen molar-refractivity contribution in [2.45, 2.75) is 39.0 Å². The van der Waals surface area contributed by atoms with Crippen LogP contribution in [0.15, 0.2) is 30.3 Å². The molecule has 1 aromatic carbocycles. The molecule has 1 aliphatic rings. The van der Waals surface area contributed by atoms with Crippen molar-refractivity contribution in [3.63, 3.8) is 0 Å². The first-order valence-corrected chi connectivity index (χ1v) is 7.07. The molecule has 2 atom stereocenters. The van der Waals surface area contributed by atoms with Gasteiger partial charge in [0, 0.05) is 12.6 Å². The maximum atomic E-state index is 11.1.